The van der Waals surface area contributed by atoms with Gasteiger partial charge in [0.05, 0.1) is 4.90 Å². The highest BCUT2D eigenvalue weighted by Crippen LogP contribution is 2.26. The highest BCUT2D eigenvalue weighted by molar-refractivity contribution is 7.92. The Hall–Kier alpha value is -2.54. The zero-order chi connectivity index (χ0) is 18.1. The van der Waals surface area contributed by atoms with E-state index in [0.29, 0.717) is 11.4 Å². The first-order valence-electron chi connectivity index (χ1n) is 8.82. The predicted molar refractivity (Wildman–Crippen MR) is 101 cm³/mol. The Bertz CT molecular complexity index is 935. The van der Waals surface area contributed by atoms with Crippen LogP contribution in [0.3, 0.4) is 0 Å². The van der Waals surface area contributed by atoms with Crippen molar-refractivity contribution >= 4 is 27.4 Å². The van der Waals surface area contributed by atoms with Crippen LogP contribution < -0.4 is 15.4 Å². The summed E-state index contributed by atoms with van der Waals surface area (Å²) in [6.45, 7) is 0. The number of sulfonamides is 1. The summed E-state index contributed by atoms with van der Waals surface area (Å²) in [7, 11) is -3.63. The summed E-state index contributed by atoms with van der Waals surface area (Å²) in [5.41, 5.74) is 3.43. The first-order valence-corrected chi connectivity index (χ1v) is 10.3. The Morgan fingerprint density at radius 2 is 1.62 bits per heavy atom. The standard InChI is InChI=1S/C19H21N3O3S/c23-19(20-15-5-6-15)21-16-7-9-17(10-8-16)22-26(24,25)18-11-4-13-2-1-3-14(13)12-18/h4,7-12,15,22H,1-3,5-6H2,(H2,20,21,23). The lowest BCUT2D eigenvalue weighted by atomic mass is 10.1. The third kappa shape index (κ3) is 3.83. The monoisotopic (exact) mass is 371 g/mol. The summed E-state index contributed by atoms with van der Waals surface area (Å²) in [5.74, 6) is 0. The maximum absolute atomic E-state index is 12.6. The van der Waals surface area contributed by atoms with Crippen LogP contribution in [-0.4, -0.2) is 20.5 Å². The summed E-state index contributed by atoms with van der Waals surface area (Å²) in [6.07, 6.45) is 5.08. The first kappa shape index (κ1) is 16.9. The molecule has 2 aliphatic carbocycles. The molecule has 3 N–H and O–H groups in total. The van der Waals surface area contributed by atoms with Gasteiger partial charge in [0, 0.05) is 17.4 Å². The van der Waals surface area contributed by atoms with Crippen molar-refractivity contribution in [2.24, 2.45) is 0 Å². The van der Waals surface area contributed by atoms with Crippen LogP contribution in [0.2, 0.25) is 0 Å². The molecule has 0 heterocycles. The van der Waals surface area contributed by atoms with Crippen LogP contribution in [-0.2, 0) is 22.9 Å². The van der Waals surface area contributed by atoms with Gasteiger partial charge >= 0.3 is 6.03 Å². The molecular formula is C19H21N3O3S. The molecule has 0 aliphatic heterocycles. The molecule has 1 fully saturated rings. The van der Waals surface area contributed by atoms with Crippen LogP contribution in [0.15, 0.2) is 47.4 Å². The first-order chi connectivity index (χ1) is 12.5. The number of hydrogen-bond acceptors (Lipinski definition) is 3. The highest BCUT2D eigenvalue weighted by atomic mass is 32.2. The second-order valence-corrected chi connectivity index (χ2v) is 8.52. The van der Waals surface area contributed by atoms with Crippen molar-refractivity contribution in [2.45, 2.75) is 43.0 Å². The number of anilines is 2. The third-order valence-electron chi connectivity index (χ3n) is 4.69. The molecule has 0 spiro atoms. The number of urea groups is 1. The predicted octanol–water partition coefficient (Wildman–Crippen LogP) is 3.26. The Morgan fingerprint density at radius 1 is 0.923 bits per heavy atom. The van der Waals surface area contributed by atoms with Gasteiger partial charge in [-0.1, -0.05) is 6.07 Å². The zero-order valence-corrected chi connectivity index (χ0v) is 15.1. The van der Waals surface area contributed by atoms with Gasteiger partial charge in [0.1, 0.15) is 0 Å². The summed E-state index contributed by atoms with van der Waals surface area (Å²) >= 11 is 0. The SMILES string of the molecule is O=C(Nc1ccc(NS(=O)(=O)c2ccc3c(c2)CCC3)cc1)NC1CC1. The summed E-state index contributed by atoms with van der Waals surface area (Å²) in [5, 5.41) is 5.57. The van der Waals surface area contributed by atoms with Crippen LogP contribution >= 0.6 is 0 Å². The van der Waals surface area contributed by atoms with Crippen molar-refractivity contribution in [2.75, 3.05) is 10.0 Å². The fourth-order valence-corrected chi connectivity index (χ4v) is 4.24. The number of aryl methyl sites for hydroxylation is 2. The second-order valence-electron chi connectivity index (χ2n) is 6.84. The van der Waals surface area contributed by atoms with E-state index in [-0.39, 0.29) is 17.0 Å². The fraction of sp³-hybridized carbons (Fsp3) is 0.316. The quantitative estimate of drug-likeness (QED) is 0.754. The average molecular weight is 371 g/mol. The Labute approximate surface area is 153 Å². The molecule has 136 valence electrons. The van der Waals surface area contributed by atoms with Gasteiger partial charge in [-0.25, -0.2) is 13.2 Å². The van der Waals surface area contributed by atoms with Gasteiger partial charge in [-0.05, 0) is 79.6 Å². The maximum Gasteiger partial charge on any atom is 0.319 e. The Kier molecular flexibility index (Phi) is 4.32. The molecule has 0 saturated heterocycles. The van der Waals surface area contributed by atoms with E-state index in [4.69, 9.17) is 0 Å². The Balaban J connectivity index is 1.43. The van der Waals surface area contributed by atoms with Crippen LogP contribution in [0.5, 0.6) is 0 Å². The van der Waals surface area contributed by atoms with E-state index < -0.39 is 10.0 Å². The minimum atomic E-state index is -3.63. The fourth-order valence-electron chi connectivity index (χ4n) is 3.13. The minimum Gasteiger partial charge on any atom is -0.335 e. The number of hydrogen-bond donors (Lipinski definition) is 3. The zero-order valence-electron chi connectivity index (χ0n) is 14.3. The van der Waals surface area contributed by atoms with Gasteiger partial charge in [-0.15, -0.1) is 0 Å². The number of carbonyl (C=O) groups is 1. The van der Waals surface area contributed by atoms with Crippen molar-refractivity contribution in [1.29, 1.82) is 0 Å². The normalized spacial score (nSPS) is 16.0. The van der Waals surface area contributed by atoms with Gasteiger partial charge in [-0.3, -0.25) is 4.72 Å². The third-order valence-corrected chi connectivity index (χ3v) is 6.07. The van der Waals surface area contributed by atoms with Gasteiger partial charge < -0.3 is 10.6 Å². The smallest absolute Gasteiger partial charge is 0.319 e. The highest BCUT2D eigenvalue weighted by Gasteiger charge is 2.23. The van der Waals surface area contributed by atoms with E-state index in [9.17, 15) is 13.2 Å². The molecule has 2 aromatic rings. The lowest BCUT2D eigenvalue weighted by molar-refractivity contribution is 0.251. The van der Waals surface area contributed by atoms with Crippen molar-refractivity contribution in [1.82, 2.24) is 5.32 Å². The topological polar surface area (TPSA) is 87.3 Å². The van der Waals surface area contributed by atoms with Gasteiger partial charge in [0.2, 0.25) is 0 Å². The lowest BCUT2D eigenvalue weighted by Gasteiger charge is -2.11. The van der Waals surface area contributed by atoms with Gasteiger partial charge in [0.25, 0.3) is 10.0 Å². The molecule has 1 saturated carbocycles. The van der Waals surface area contributed by atoms with Crippen molar-refractivity contribution in [3.05, 3.63) is 53.6 Å². The van der Waals surface area contributed by atoms with Crippen LogP contribution in [0, 0.1) is 0 Å². The van der Waals surface area contributed by atoms with E-state index in [1.807, 2.05) is 6.07 Å². The number of rotatable bonds is 5. The van der Waals surface area contributed by atoms with E-state index in [0.717, 1.165) is 37.7 Å². The molecule has 0 atom stereocenters. The lowest BCUT2D eigenvalue weighted by Crippen LogP contribution is -2.30. The number of amides is 2. The molecular weight excluding hydrogens is 350 g/mol. The molecule has 0 aromatic heterocycles. The Morgan fingerprint density at radius 3 is 2.35 bits per heavy atom. The molecule has 2 aromatic carbocycles. The maximum atomic E-state index is 12.6. The largest absolute Gasteiger partial charge is 0.335 e. The molecule has 0 unspecified atom stereocenters. The van der Waals surface area contributed by atoms with Gasteiger partial charge in [0.15, 0.2) is 0 Å². The van der Waals surface area contributed by atoms with Crippen LogP contribution in [0.25, 0.3) is 0 Å². The molecule has 6 nitrogen and oxygen atoms in total. The van der Waals surface area contributed by atoms with E-state index in [2.05, 4.69) is 15.4 Å². The molecule has 2 amide bonds. The van der Waals surface area contributed by atoms with E-state index in [1.165, 1.54) is 5.56 Å². The van der Waals surface area contributed by atoms with E-state index in [1.54, 1.807) is 36.4 Å². The molecule has 26 heavy (non-hydrogen) atoms. The van der Waals surface area contributed by atoms with Crippen molar-refractivity contribution in [3.8, 4) is 0 Å². The number of carbonyl (C=O) groups excluding carboxylic acids is 1. The molecule has 0 bridgehead atoms. The van der Waals surface area contributed by atoms with E-state index >= 15 is 0 Å². The molecule has 2 aliphatic rings. The van der Waals surface area contributed by atoms with Crippen molar-refractivity contribution < 1.29 is 13.2 Å². The van der Waals surface area contributed by atoms with Crippen LogP contribution in [0.1, 0.15) is 30.4 Å². The number of fused-ring (bicyclic) bond motifs is 1. The number of nitrogens with one attached hydrogen (secondary N) is 3. The van der Waals surface area contributed by atoms with Gasteiger partial charge in [-0.2, -0.15) is 0 Å². The van der Waals surface area contributed by atoms with Crippen LogP contribution in [0.4, 0.5) is 16.2 Å². The molecule has 4 rings (SSSR count). The summed E-state index contributed by atoms with van der Waals surface area (Å²) < 4.78 is 27.8. The molecule has 0 radical (unpaired) electrons. The second kappa shape index (κ2) is 6.64. The summed E-state index contributed by atoms with van der Waals surface area (Å²) in [6, 6.07) is 12.0. The minimum absolute atomic E-state index is 0.237. The summed E-state index contributed by atoms with van der Waals surface area (Å²) in [4.78, 5) is 12.0. The van der Waals surface area contributed by atoms with Crippen molar-refractivity contribution in [3.63, 3.8) is 0 Å². The number of benzene rings is 2. The average Bonchev–Trinajstić information content (AvgIpc) is 3.29. The molecule has 7 heteroatoms.